The number of nitrogens with two attached hydrogens (primary N) is 1. The smallest absolute Gasteiger partial charge is 0.158 e. The largest absolute Gasteiger partial charge is 0.456 e. The van der Waals surface area contributed by atoms with Gasteiger partial charge < -0.3 is 10.5 Å². The van der Waals surface area contributed by atoms with E-state index in [4.69, 9.17) is 22.1 Å². The Morgan fingerprint density at radius 2 is 2.16 bits per heavy atom. The number of aromatic nitrogens is 3. The van der Waals surface area contributed by atoms with Crippen LogP contribution in [0.15, 0.2) is 36.8 Å². The summed E-state index contributed by atoms with van der Waals surface area (Å²) in [6.07, 6.45) is 3.25. The molecule has 2 N–H and O–H groups in total. The summed E-state index contributed by atoms with van der Waals surface area (Å²) < 4.78 is 7.39. The van der Waals surface area contributed by atoms with Crippen LogP contribution in [-0.2, 0) is 0 Å². The summed E-state index contributed by atoms with van der Waals surface area (Å²) in [6.45, 7) is 0. The molecular weight excluding hydrogens is 283 g/mol. The van der Waals surface area contributed by atoms with Gasteiger partial charge in [0.1, 0.15) is 17.8 Å². The summed E-state index contributed by atoms with van der Waals surface area (Å²) in [7, 11) is 2.54. The minimum absolute atomic E-state index is 0.463. The molecule has 0 fully saturated rings. The summed E-state index contributed by atoms with van der Waals surface area (Å²) in [5.74, 6) is 1.18. The maximum atomic E-state index is 6.10. The lowest BCUT2D eigenvalue weighted by molar-refractivity contribution is 0.483. The van der Waals surface area contributed by atoms with E-state index in [1.807, 2.05) is 0 Å². The number of fused-ring (bicyclic) bond motifs is 1. The van der Waals surface area contributed by atoms with Gasteiger partial charge in [0.2, 0.25) is 0 Å². The van der Waals surface area contributed by atoms with Crippen molar-refractivity contribution >= 4 is 37.5 Å². The van der Waals surface area contributed by atoms with Crippen LogP contribution in [0.1, 0.15) is 0 Å². The fourth-order valence-corrected chi connectivity index (χ4v) is 2.10. The molecule has 0 saturated heterocycles. The van der Waals surface area contributed by atoms with Gasteiger partial charge in [-0.15, -0.1) is 9.24 Å². The molecule has 0 radical (unpaired) electrons. The van der Waals surface area contributed by atoms with Gasteiger partial charge in [0.25, 0.3) is 0 Å². The second-order valence-electron chi connectivity index (χ2n) is 3.94. The topological polar surface area (TPSA) is 65.4 Å². The fraction of sp³-hybridized carbons (Fsp3) is 0. The second-order valence-corrected chi connectivity index (χ2v) is 4.97. The Labute approximate surface area is 116 Å². The predicted octanol–water partition coefficient (Wildman–Crippen LogP) is 2.26. The van der Waals surface area contributed by atoms with Gasteiger partial charge in [0, 0.05) is 18.0 Å². The van der Waals surface area contributed by atoms with Crippen molar-refractivity contribution in [3.63, 3.8) is 0 Å². The average Bonchev–Trinajstić information content (AvgIpc) is 2.83. The second kappa shape index (κ2) is 4.68. The van der Waals surface area contributed by atoms with E-state index in [9.17, 15) is 0 Å². The van der Waals surface area contributed by atoms with Crippen LogP contribution in [-0.4, -0.2) is 14.6 Å². The van der Waals surface area contributed by atoms with E-state index >= 15 is 0 Å². The number of ether oxygens (including phenoxy) is 1. The molecule has 5 nitrogen and oxygen atoms in total. The predicted molar refractivity (Wildman–Crippen MR) is 78.3 cm³/mol. The summed E-state index contributed by atoms with van der Waals surface area (Å²) in [5.41, 5.74) is 7.07. The highest BCUT2D eigenvalue weighted by atomic mass is 35.5. The van der Waals surface area contributed by atoms with Crippen molar-refractivity contribution in [1.29, 1.82) is 0 Å². The number of nitrogen functional groups attached to an aromatic ring is 1. The molecule has 1 atom stereocenters. The molecule has 0 aliphatic rings. The summed E-state index contributed by atoms with van der Waals surface area (Å²) >= 11 is 6.10. The molecule has 0 aliphatic heterocycles. The average molecular weight is 293 g/mol. The van der Waals surface area contributed by atoms with Crippen molar-refractivity contribution in [1.82, 2.24) is 14.6 Å². The van der Waals surface area contributed by atoms with E-state index in [2.05, 4.69) is 19.3 Å². The lowest BCUT2D eigenvalue weighted by Gasteiger charge is -2.10. The maximum absolute atomic E-state index is 6.10. The Morgan fingerprint density at radius 1 is 1.32 bits per heavy atom. The van der Waals surface area contributed by atoms with E-state index in [0.717, 1.165) is 5.30 Å². The van der Waals surface area contributed by atoms with Crippen molar-refractivity contribution < 1.29 is 4.74 Å². The van der Waals surface area contributed by atoms with E-state index in [1.165, 1.54) is 6.33 Å². The third kappa shape index (κ3) is 2.35. The van der Waals surface area contributed by atoms with Crippen LogP contribution in [0.5, 0.6) is 11.5 Å². The van der Waals surface area contributed by atoms with Crippen LogP contribution >= 0.6 is 20.8 Å². The first-order valence-corrected chi connectivity index (χ1v) is 6.41. The first-order valence-electron chi connectivity index (χ1n) is 5.45. The minimum atomic E-state index is 0.463. The van der Waals surface area contributed by atoms with Gasteiger partial charge in [0.05, 0.1) is 5.02 Å². The van der Waals surface area contributed by atoms with Crippen LogP contribution in [0.25, 0.3) is 5.65 Å². The molecule has 0 saturated carbocycles. The van der Waals surface area contributed by atoms with Crippen LogP contribution in [0.3, 0.4) is 0 Å². The molecule has 7 heteroatoms. The summed E-state index contributed by atoms with van der Waals surface area (Å²) in [6, 6.07) is 7.00. The molecule has 2 aromatic heterocycles. The highest BCUT2D eigenvalue weighted by molar-refractivity contribution is 7.28. The van der Waals surface area contributed by atoms with Crippen molar-refractivity contribution in [2.45, 2.75) is 0 Å². The van der Waals surface area contributed by atoms with Gasteiger partial charge >= 0.3 is 0 Å². The van der Waals surface area contributed by atoms with Gasteiger partial charge in [-0.25, -0.2) is 9.50 Å². The van der Waals surface area contributed by atoms with Crippen molar-refractivity contribution in [3.05, 3.63) is 41.8 Å². The number of anilines is 1. The van der Waals surface area contributed by atoms with E-state index in [0.29, 0.717) is 27.9 Å². The fourth-order valence-electron chi connectivity index (χ4n) is 1.65. The monoisotopic (exact) mass is 292 g/mol. The highest BCUT2D eigenvalue weighted by Crippen LogP contribution is 2.30. The molecule has 19 heavy (non-hydrogen) atoms. The molecule has 0 amide bonds. The van der Waals surface area contributed by atoms with Crippen LogP contribution in [0.4, 0.5) is 5.69 Å². The minimum Gasteiger partial charge on any atom is -0.456 e. The Bertz CT molecular complexity index is 759. The number of nitrogens with zero attached hydrogens (tertiary/aromatic N) is 3. The van der Waals surface area contributed by atoms with E-state index < -0.39 is 0 Å². The molecule has 3 aromatic rings. The van der Waals surface area contributed by atoms with E-state index in [-0.39, 0.29) is 0 Å². The van der Waals surface area contributed by atoms with Gasteiger partial charge in [-0.05, 0) is 23.5 Å². The van der Waals surface area contributed by atoms with Crippen LogP contribution in [0.2, 0.25) is 5.02 Å². The quantitative estimate of drug-likeness (QED) is 0.581. The Balaban J connectivity index is 1.98. The molecule has 3 rings (SSSR count). The number of pyridine rings is 1. The zero-order valence-electron chi connectivity index (χ0n) is 9.75. The van der Waals surface area contributed by atoms with Crippen molar-refractivity contribution in [2.24, 2.45) is 0 Å². The molecule has 2 heterocycles. The van der Waals surface area contributed by atoms with Crippen LogP contribution in [0, 0.1) is 0 Å². The molecule has 0 spiro atoms. The van der Waals surface area contributed by atoms with Gasteiger partial charge in [-0.1, -0.05) is 11.6 Å². The number of hydrogen-bond acceptors (Lipinski definition) is 4. The maximum Gasteiger partial charge on any atom is 0.158 e. The lowest BCUT2D eigenvalue weighted by Crippen LogP contribution is -2.02. The van der Waals surface area contributed by atoms with Crippen molar-refractivity contribution in [3.8, 4) is 11.5 Å². The number of halogens is 1. The Kier molecular flexibility index (Phi) is 3.01. The first-order chi connectivity index (χ1) is 9.13. The van der Waals surface area contributed by atoms with Gasteiger partial charge in [-0.3, -0.25) is 0 Å². The first kappa shape index (κ1) is 12.2. The molecule has 0 bridgehead atoms. The molecule has 0 aliphatic carbocycles. The summed E-state index contributed by atoms with van der Waals surface area (Å²) in [5, 5.41) is 5.31. The molecule has 1 unspecified atom stereocenters. The van der Waals surface area contributed by atoms with E-state index in [1.54, 1.807) is 35.0 Å². The van der Waals surface area contributed by atoms with Gasteiger partial charge in [0.15, 0.2) is 5.65 Å². The molecular formula is C12H10ClN4OP. The highest BCUT2D eigenvalue weighted by Gasteiger charge is 2.07. The van der Waals surface area contributed by atoms with Crippen LogP contribution < -0.4 is 15.8 Å². The normalized spacial score (nSPS) is 10.8. The summed E-state index contributed by atoms with van der Waals surface area (Å²) in [4.78, 5) is 4.09. The number of benzene rings is 1. The Morgan fingerprint density at radius 3 is 3.00 bits per heavy atom. The molecule has 1 aromatic carbocycles. The lowest BCUT2D eigenvalue weighted by atomic mass is 10.3. The third-order valence-corrected chi connectivity index (χ3v) is 3.41. The number of hydrogen-bond donors (Lipinski definition) is 1. The zero-order chi connectivity index (χ0) is 13.4. The standard InChI is InChI=1S/C12H10ClN4OP/c13-8-4-9(14)11(19)5-10(8)18-7-1-2-17-12(3-7)15-6-16-17/h1-6H,14,19H2. The molecule has 96 valence electrons. The third-order valence-electron chi connectivity index (χ3n) is 2.62. The van der Waals surface area contributed by atoms with Gasteiger partial charge in [-0.2, -0.15) is 5.10 Å². The SMILES string of the molecule is Nc1cc(Cl)c(Oc2ccn3ncnc3c2)cc1P. The Hall–Kier alpha value is -1.84. The number of rotatable bonds is 2. The van der Waals surface area contributed by atoms with Crippen molar-refractivity contribution in [2.75, 3.05) is 5.73 Å². The zero-order valence-corrected chi connectivity index (χ0v) is 11.7.